The number of amides is 2. The summed E-state index contributed by atoms with van der Waals surface area (Å²) < 4.78 is 63.5. The Balaban J connectivity index is 0.860. The van der Waals surface area contributed by atoms with Gasteiger partial charge in [0.25, 0.3) is 5.91 Å². The van der Waals surface area contributed by atoms with E-state index in [-0.39, 0.29) is 60.7 Å². The lowest BCUT2D eigenvalue weighted by Gasteiger charge is -2.54. The van der Waals surface area contributed by atoms with Gasteiger partial charge in [-0.3, -0.25) is 14.6 Å². The van der Waals surface area contributed by atoms with E-state index in [4.69, 9.17) is 4.74 Å². The molecule has 1 unspecified atom stereocenters. The van der Waals surface area contributed by atoms with Crippen molar-refractivity contribution in [3.8, 4) is 0 Å². The monoisotopic (exact) mass is 824 g/mol. The quantitative estimate of drug-likeness (QED) is 0.270. The molecular formula is C43H58F2N6O6S. The van der Waals surface area contributed by atoms with Crippen LogP contribution >= 0.6 is 0 Å². The molecule has 8 rings (SSSR count). The number of carbonyl (C=O) groups is 2. The maximum atomic E-state index is 16.3. The molecule has 0 aromatic heterocycles. The number of anilines is 1. The summed E-state index contributed by atoms with van der Waals surface area (Å²) in [5.41, 5.74) is 0.318. The molecule has 58 heavy (non-hydrogen) atoms. The Kier molecular flexibility index (Phi) is 11.9. The maximum Gasteiger partial charge on any atom is 0.404 e. The molecule has 6 aliphatic rings. The van der Waals surface area contributed by atoms with E-state index in [2.05, 4.69) is 26.6 Å². The topological polar surface area (TPSA) is 126 Å². The van der Waals surface area contributed by atoms with Gasteiger partial charge in [0, 0.05) is 68.5 Å². The fourth-order valence-electron chi connectivity index (χ4n) is 10.8. The van der Waals surface area contributed by atoms with Crippen molar-refractivity contribution >= 4 is 27.5 Å². The van der Waals surface area contributed by atoms with Crippen molar-refractivity contribution in [1.29, 1.82) is 0 Å². The van der Waals surface area contributed by atoms with Gasteiger partial charge in [-0.15, -0.1) is 0 Å². The van der Waals surface area contributed by atoms with E-state index in [9.17, 15) is 27.5 Å². The van der Waals surface area contributed by atoms with E-state index in [0.717, 1.165) is 82.5 Å². The van der Waals surface area contributed by atoms with E-state index < -0.39 is 32.3 Å². The third kappa shape index (κ3) is 8.39. The van der Waals surface area contributed by atoms with Gasteiger partial charge < -0.3 is 29.9 Å². The third-order valence-electron chi connectivity index (χ3n) is 14.0. The number of nitrogens with one attached hydrogen (secondary N) is 1. The fourth-order valence-corrected chi connectivity index (χ4v) is 12.4. The zero-order valence-corrected chi connectivity index (χ0v) is 34.2. The number of morpholine rings is 1. The van der Waals surface area contributed by atoms with E-state index in [1.807, 2.05) is 11.0 Å². The van der Waals surface area contributed by atoms with Crippen molar-refractivity contribution in [3.05, 3.63) is 72.1 Å². The summed E-state index contributed by atoms with van der Waals surface area (Å²) in [5, 5.41) is 11.9. The van der Waals surface area contributed by atoms with Gasteiger partial charge in [0.15, 0.2) is 15.5 Å². The predicted octanol–water partition coefficient (Wildman–Crippen LogP) is 4.02. The Hall–Kier alpha value is -3.63. The van der Waals surface area contributed by atoms with E-state index in [1.54, 1.807) is 41.3 Å². The smallest absolute Gasteiger partial charge is 0.404 e. The number of sulfone groups is 1. The molecule has 2 aromatic carbocycles. The molecule has 0 spiro atoms. The lowest BCUT2D eigenvalue weighted by atomic mass is 9.57. The molecule has 1 saturated carbocycles. The second-order valence-electron chi connectivity index (χ2n) is 17.7. The normalized spacial score (nSPS) is 26.0. The zero-order valence-electron chi connectivity index (χ0n) is 33.4. The van der Waals surface area contributed by atoms with Crippen molar-refractivity contribution in [2.24, 2.45) is 11.8 Å². The molecular weight excluding hydrogens is 767 g/mol. The molecule has 2 N–H and O–H groups in total. The summed E-state index contributed by atoms with van der Waals surface area (Å²) in [4.78, 5) is 35.3. The summed E-state index contributed by atoms with van der Waals surface area (Å²) in [6, 6.07) is 13.4. The van der Waals surface area contributed by atoms with Gasteiger partial charge in [-0.2, -0.15) is 0 Å². The van der Waals surface area contributed by atoms with Gasteiger partial charge in [0.1, 0.15) is 11.1 Å². The molecule has 2 aromatic rings. The molecule has 5 aliphatic heterocycles. The molecule has 316 valence electrons. The molecule has 15 heteroatoms. The number of alkyl halides is 1. The Bertz CT molecular complexity index is 1920. The number of halogens is 2. The largest absolute Gasteiger partial charge is 0.465 e. The number of hydrogen-bond donors (Lipinski definition) is 2. The van der Waals surface area contributed by atoms with Crippen molar-refractivity contribution in [2.45, 2.75) is 65.8 Å². The van der Waals surface area contributed by atoms with Crippen molar-refractivity contribution in [1.82, 2.24) is 24.9 Å². The number of piperidine rings is 1. The van der Waals surface area contributed by atoms with E-state index >= 15 is 4.39 Å². The van der Waals surface area contributed by atoms with Gasteiger partial charge in [0.2, 0.25) is 0 Å². The van der Waals surface area contributed by atoms with Crippen LogP contribution in [0.4, 0.5) is 19.3 Å². The summed E-state index contributed by atoms with van der Waals surface area (Å²) in [6.07, 6.45) is 4.27. The molecule has 6 fully saturated rings. The standard InChI is InChI=1S/C43H58F2N6O6S/c1-31(24-47-19-21-57-22-20-47)40(52)50-25-37(26-50)58(55,56)36-11-9-35(10-12-36)51-28-42(45,29-51)27-49-17-13-32(14-18-49)43(30-48-15-4-16-48,33-5-2-6-34(44)23-33)38-7-3-8-39(38)46-41(53)54/h2,5-6,9-12,23,32,37-39,46H,1,3-4,7-8,13-22,24-30H2,(H,53,54)/t38-,39-,43?/m0/s1. The van der Waals surface area contributed by atoms with E-state index in [1.165, 1.54) is 6.07 Å². The SMILES string of the molecule is C=C(CN1CCOCC1)C(=O)N1CC(S(=O)(=O)c2ccc(N3CC(F)(CN4CCC(C(CN5CCC5)(c5cccc(F)c5)[C@H]5CCC[C@@H]5NC(=O)O)CC4)C3)cc2)C1. The highest BCUT2D eigenvalue weighted by atomic mass is 32.2. The van der Waals surface area contributed by atoms with E-state index in [0.29, 0.717) is 45.0 Å². The highest BCUT2D eigenvalue weighted by molar-refractivity contribution is 7.92. The van der Waals surface area contributed by atoms with Gasteiger partial charge in [-0.05, 0) is 112 Å². The number of ether oxygens (including phenoxy) is 1. The molecule has 5 saturated heterocycles. The number of hydrogen-bond acceptors (Lipinski definition) is 9. The first kappa shape index (κ1) is 41.1. The van der Waals surface area contributed by atoms with Crippen LogP contribution < -0.4 is 10.2 Å². The molecule has 0 bridgehead atoms. The summed E-state index contributed by atoms with van der Waals surface area (Å²) in [5.74, 6) is -0.286. The van der Waals surface area contributed by atoms with Crippen molar-refractivity contribution < 1.29 is 36.6 Å². The number of carbonyl (C=O) groups excluding carboxylic acids is 1. The molecule has 12 nitrogen and oxygen atoms in total. The van der Waals surface area contributed by atoms with Crippen LogP contribution in [0.5, 0.6) is 0 Å². The highest BCUT2D eigenvalue weighted by Crippen LogP contribution is 2.51. The number of nitrogens with zero attached hydrogens (tertiary/aromatic N) is 5. The Morgan fingerprint density at radius 3 is 2.26 bits per heavy atom. The van der Waals surface area contributed by atoms with Gasteiger partial charge >= 0.3 is 6.09 Å². The summed E-state index contributed by atoms with van der Waals surface area (Å²) in [7, 11) is -3.65. The lowest BCUT2D eigenvalue weighted by Crippen LogP contribution is -2.65. The minimum absolute atomic E-state index is 0.0282. The third-order valence-corrected chi connectivity index (χ3v) is 16.1. The van der Waals surface area contributed by atoms with Crippen LogP contribution in [0.15, 0.2) is 65.6 Å². The minimum Gasteiger partial charge on any atom is -0.465 e. The Labute approximate surface area is 341 Å². The average molecular weight is 825 g/mol. The second-order valence-corrected chi connectivity index (χ2v) is 19.9. The Morgan fingerprint density at radius 1 is 0.914 bits per heavy atom. The lowest BCUT2D eigenvalue weighted by molar-refractivity contribution is -0.130. The van der Waals surface area contributed by atoms with Crippen LogP contribution in [0.1, 0.15) is 44.1 Å². The Morgan fingerprint density at radius 2 is 1.62 bits per heavy atom. The molecule has 5 heterocycles. The van der Waals surface area contributed by atoms with Gasteiger partial charge in [-0.25, -0.2) is 22.0 Å². The van der Waals surface area contributed by atoms with Crippen LogP contribution in [0.25, 0.3) is 0 Å². The van der Waals surface area contributed by atoms with Crippen molar-refractivity contribution in [2.75, 3.05) is 103 Å². The molecule has 2 amide bonds. The number of likely N-dealkylation sites (tertiary alicyclic amines) is 3. The number of carboxylic acid groups (broad SMARTS) is 1. The minimum atomic E-state index is -3.65. The van der Waals surface area contributed by atoms with Crippen LogP contribution in [0.3, 0.4) is 0 Å². The van der Waals surface area contributed by atoms with Crippen LogP contribution in [0, 0.1) is 17.7 Å². The summed E-state index contributed by atoms with van der Waals surface area (Å²) >= 11 is 0. The van der Waals surface area contributed by atoms with Crippen LogP contribution in [0.2, 0.25) is 0 Å². The number of rotatable bonds is 14. The highest BCUT2D eigenvalue weighted by Gasteiger charge is 2.54. The zero-order chi connectivity index (χ0) is 40.7. The molecule has 0 radical (unpaired) electrons. The average Bonchev–Trinajstić information content (AvgIpc) is 3.61. The second kappa shape index (κ2) is 16.8. The molecule has 1 aliphatic carbocycles. The van der Waals surface area contributed by atoms with Gasteiger partial charge in [-0.1, -0.05) is 25.1 Å². The predicted molar refractivity (Wildman–Crippen MR) is 217 cm³/mol. The van der Waals surface area contributed by atoms with Crippen LogP contribution in [-0.2, 0) is 24.8 Å². The maximum absolute atomic E-state index is 16.3. The molecule has 3 atom stereocenters. The van der Waals surface area contributed by atoms with Crippen molar-refractivity contribution in [3.63, 3.8) is 0 Å². The summed E-state index contributed by atoms with van der Waals surface area (Å²) in [6.45, 7) is 12.2. The van der Waals surface area contributed by atoms with Crippen LogP contribution in [-0.4, -0.2) is 160 Å². The first-order chi connectivity index (χ1) is 27.8. The number of benzene rings is 2. The first-order valence-corrected chi connectivity index (χ1v) is 22.6. The first-order valence-electron chi connectivity index (χ1n) is 21.1. The van der Waals surface area contributed by atoms with Gasteiger partial charge in [0.05, 0.1) is 31.2 Å². The fraction of sp³-hybridized carbons (Fsp3) is 0.628.